The first kappa shape index (κ1) is 16.3. The van der Waals surface area contributed by atoms with E-state index in [2.05, 4.69) is 5.32 Å². The average molecular weight is 326 g/mol. The van der Waals surface area contributed by atoms with Crippen LogP contribution in [0, 0.1) is 12.8 Å². The highest BCUT2D eigenvalue weighted by Gasteiger charge is 2.35. The molecule has 126 valence electrons. The summed E-state index contributed by atoms with van der Waals surface area (Å²) in [5.41, 5.74) is 2.25. The Hall–Kier alpha value is -2.56. The van der Waals surface area contributed by atoms with Gasteiger partial charge in [0.25, 0.3) is 0 Å². The lowest BCUT2D eigenvalue weighted by Gasteiger charge is -2.18. The molecule has 1 fully saturated rings. The van der Waals surface area contributed by atoms with Gasteiger partial charge >= 0.3 is 0 Å². The Morgan fingerprint density at radius 3 is 2.75 bits per heavy atom. The molecule has 2 aromatic rings. The molecule has 1 N–H and O–H groups in total. The van der Waals surface area contributed by atoms with Crippen molar-refractivity contribution in [2.45, 2.75) is 32.9 Å². The van der Waals surface area contributed by atoms with Crippen molar-refractivity contribution >= 4 is 11.8 Å². The number of carbonyl (C=O) groups is 2. The first-order chi connectivity index (χ1) is 11.5. The van der Waals surface area contributed by atoms with Gasteiger partial charge in [-0.3, -0.25) is 9.59 Å². The summed E-state index contributed by atoms with van der Waals surface area (Å²) in [5.74, 6) is 0.353. The summed E-state index contributed by atoms with van der Waals surface area (Å²) in [4.78, 5) is 26.3. The van der Waals surface area contributed by atoms with Crippen LogP contribution in [-0.4, -0.2) is 23.3 Å². The lowest BCUT2D eigenvalue weighted by Crippen LogP contribution is -2.34. The number of rotatable bonds is 5. The molecule has 0 spiro atoms. The molecule has 1 aliphatic rings. The Morgan fingerprint density at radius 2 is 2.08 bits per heavy atom. The smallest absolute Gasteiger partial charge is 0.225 e. The minimum Gasteiger partial charge on any atom is -0.467 e. The summed E-state index contributed by atoms with van der Waals surface area (Å²) in [6.07, 6.45) is 1.84. The van der Waals surface area contributed by atoms with Crippen LogP contribution in [0.2, 0.25) is 0 Å². The summed E-state index contributed by atoms with van der Waals surface area (Å²) in [6, 6.07) is 11.6. The van der Waals surface area contributed by atoms with Crippen LogP contribution in [0.4, 0.5) is 0 Å². The summed E-state index contributed by atoms with van der Waals surface area (Å²) >= 11 is 0. The number of nitrogens with zero attached hydrogens (tertiary/aromatic N) is 1. The average Bonchev–Trinajstić information content (AvgIpc) is 3.19. The second kappa shape index (κ2) is 6.91. The fraction of sp³-hybridized carbons (Fsp3) is 0.368. The minimum atomic E-state index is -0.305. The maximum atomic E-state index is 12.5. The summed E-state index contributed by atoms with van der Waals surface area (Å²) in [6.45, 7) is 4.85. The Labute approximate surface area is 141 Å². The standard InChI is InChI=1S/C19H22N2O3/c1-13-5-7-15(8-6-13)14(2)20-19(23)16-10-18(22)21(11-16)12-17-4-3-9-24-17/h3-9,14,16H,10-12H2,1-2H3,(H,20,23). The third-order valence-corrected chi connectivity index (χ3v) is 4.45. The minimum absolute atomic E-state index is 0.00506. The zero-order valence-electron chi connectivity index (χ0n) is 14.0. The molecular weight excluding hydrogens is 304 g/mol. The molecule has 24 heavy (non-hydrogen) atoms. The second-order valence-corrected chi connectivity index (χ2v) is 6.40. The largest absolute Gasteiger partial charge is 0.467 e. The van der Waals surface area contributed by atoms with Crippen LogP contribution in [0.1, 0.15) is 36.3 Å². The Bertz CT molecular complexity index is 707. The van der Waals surface area contributed by atoms with Crippen LogP contribution in [0.15, 0.2) is 47.1 Å². The van der Waals surface area contributed by atoms with Gasteiger partial charge in [0.1, 0.15) is 5.76 Å². The molecule has 0 radical (unpaired) electrons. The highest BCUT2D eigenvalue weighted by Crippen LogP contribution is 2.22. The van der Waals surface area contributed by atoms with Crippen molar-refractivity contribution < 1.29 is 14.0 Å². The van der Waals surface area contributed by atoms with E-state index in [1.807, 2.05) is 44.2 Å². The Balaban J connectivity index is 1.57. The maximum Gasteiger partial charge on any atom is 0.225 e. The summed E-state index contributed by atoms with van der Waals surface area (Å²) < 4.78 is 5.28. The molecule has 1 saturated heterocycles. The number of carbonyl (C=O) groups excluding carboxylic acids is 2. The van der Waals surface area contributed by atoms with Crippen LogP contribution in [0.3, 0.4) is 0 Å². The lowest BCUT2D eigenvalue weighted by atomic mass is 10.0. The van der Waals surface area contributed by atoms with E-state index in [0.717, 1.165) is 11.3 Å². The van der Waals surface area contributed by atoms with Crippen LogP contribution in [0.5, 0.6) is 0 Å². The molecule has 1 aromatic heterocycles. The Morgan fingerprint density at radius 1 is 1.33 bits per heavy atom. The quantitative estimate of drug-likeness (QED) is 0.919. The fourth-order valence-electron chi connectivity index (χ4n) is 2.96. The molecule has 2 amide bonds. The predicted molar refractivity (Wildman–Crippen MR) is 90.0 cm³/mol. The van der Waals surface area contributed by atoms with E-state index in [-0.39, 0.29) is 30.2 Å². The number of benzene rings is 1. The van der Waals surface area contributed by atoms with E-state index in [1.165, 1.54) is 5.56 Å². The van der Waals surface area contributed by atoms with Crippen LogP contribution >= 0.6 is 0 Å². The van der Waals surface area contributed by atoms with Crippen molar-refractivity contribution in [3.8, 4) is 0 Å². The highest BCUT2D eigenvalue weighted by molar-refractivity contribution is 5.89. The molecule has 0 aliphatic carbocycles. The van der Waals surface area contributed by atoms with E-state index < -0.39 is 0 Å². The third-order valence-electron chi connectivity index (χ3n) is 4.45. The molecule has 5 heteroatoms. The van der Waals surface area contributed by atoms with Crippen molar-refractivity contribution in [1.29, 1.82) is 0 Å². The Kier molecular flexibility index (Phi) is 4.69. The van der Waals surface area contributed by atoms with Crippen molar-refractivity contribution in [2.75, 3.05) is 6.54 Å². The summed E-state index contributed by atoms with van der Waals surface area (Å²) in [7, 11) is 0. The second-order valence-electron chi connectivity index (χ2n) is 6.40. The van der Waals surface area contributed by atoms with Gasteiger partial charge in [0.2, 0.25) is 11.8 Å². The first-order valence-electron chi connectivity index (χ1n) is 8.20. The van der Waals surface area contributed by atoms with E-state index >= 15 is 0 Å². The SMILES string of the molecule is Cc1ccc(C(C)NC(=O)C2CC(=O)N(Cc3ccco3)C2)cc1. The molecular formula is C19H22N2O3. The first-order valence-corrected chi connectivity index (χ1v) is 8.20. The lowest BCUT2D eigenvalue weighted by molar-refractivity contribution is -0.129. The number of amides is 2. The number of hydrogen-bond donors (Lipinski definition) is 1. The number of furan rings is 1. The molecule has 3 rings (SSSR count). The van der Waals surface area contributed by atoms with Crippen LogP contribution in [0.25, 0.3) is 0 Å². The number of aryl methyl sites for hydroxylation is 1. The number of hydrogen-bond acceptors (Lipinski definition) is 3. The van der Waals surface area contributed by atoms with Crippen molar-refractivity contribution in [3.05, 3.63) is 59.5 Å². The molecule has 1 aliphatic heterocycles. The van der Waals surface area contributed by atoms with Gasteiger partial charge in [-0.25, -0.2) is 0 Å². The van der Waals surface area contributed by atoms with Gasteiger partial charge < -0.3 is 14.6 Å². The van der Waals surface area contributed by atoms with Crippen molar-refractivity contribution in [3.63, 3.8) is 0 Å². The van der Waals surface area contributed by atoms with E-state index in [4.69, 9.17) is 4.42 Å². The molecule has 0 saturated carbocycles. The van der Waals surface area contributed by atoms with Gasteiger partial charge in [-0.2, -0.15) is 0 Å². The zero-order valence-corrected chi connectivity index (χ0v) is 14.0. The van der Waals surface area contributed by atoms with Gasteiger partial charge in [-0.15, -0.1) is 0 Å². The molecule has 2 unspecified atom stereocenters. The molecule has 2 atom stereocenters. The van der Waals surface area contributed by atoms with E-state index in [1.54, 1.807) is 17.2 Å². The van der Waals surface area contributed by atoms with Gasteiger partial charge in [0.15, 0.2) is 0 Å². The number of likely N-dealkylation sites (tertiary alicyclic amines) is 1. The molecule has 5 nitrogen and oxygen atoms in total. The molecule has 1 aromatic carbocycles. The highest BCUT2D eigenvalue weighted by atomic mass is 16.3. The van der Waals surface area contributed by atoms with Gasteiger partial charge in [-0.05, 0) is 31.5 Å². The van der Waals surface area contributed by atoms with E-state index in [0.29, 0.717) is 13.1 Å². The zero-order chi connectivity index (χ0) is 17.1. The molecule has 2 heterocycles. The van der Waals surface area contributed by atoms with Gasteiger partial charge in [0.05, 0.1) is 24.8 Å². The maximum absolute atomic E-state index is 12.5. The normalized spacial score (nSPS) is 18.7. The summed E-state index contributed by atoms with van der Waals surface area (Å²) in [5, 5.41) is 3.02. The van der Waals surface area contributed by atoms with E-state index in [9.17, 15) is 9.59 Å². The topological polar surface area (TPSA) is 62.6 Å². The fourth-order valence-corrected chi connectivity index (χ4v) is 2.96. The third kappa shape index (κ3) is 3.67. The van der Waals surface area contributed by atoms with Gasteiger partial charge in [-0.1, -0.05) is 29.8 Å². The number of nitrogens with one attached hydrogen (secondary N) is 1. The van der Waals surface area contributed by atoms with Gasteiger partial charge in [0, 0.05) is 13.0 Å². The van der Waals surface area contributed by atoms with Crippen molar-refractivity contribution in [1.82, 2.24) is 10.2 Å². The van der Waals surface area contributed by atoms with Crippen LogP contribution in [-0.2, 0) is 16.1 Å². The predicted octanol–water partition coefficient (Wildman–Crippen LogP) is 2.81. The van der Waals surface area contributed by atoms with Crippen molar-refractivity contribution in [2.24, 2.45) is 5.92 Å². The monoisotopic (exact) mass is 326 g/mol. The molecule has 0 bridgehead atoms. The van der Waals surface area contributed by atoms with Crippen LogP contribution < -0.4 is 5.32 Å².